The lowest BCUT2D eigenvalue weighted by Crippen LogP contribution is -2.32. The molecule has 1 N–H and O–H groups in total. The highest BCUT2D eigenvalue weighted by molar-refractivity contribution is 7.89. The summed E-state index contributed by atoms with van der Waals surface area (Å²) in [7, 11) is -3.52. The van der Waals surface area contributed by atoms with Crippen molar-refractivity contribution in [2.24, 2.45) is 0 Å². The maximum atomic E-state index is 12.7. The van der Waals surface area contributed by atoms with Gasteiger partial charge in [0.15, 0.2) is 6.10 Å². The molecule has 6 nitrogen and oxygen atoms in total. The first-order chi connectivity index (χ1) is 13.7. The van der Waals surface area contributed by atoms with Crippen molar-refractivity contribution in [1.29, 1.82) is 0 Å². The molecule has 0 fully saturated rings. The van der Waals surface area contributed by atoms with E-state index in [1.807, 2.05) is 39.0 Å². The molecule has 1 amide bonds. The Morgan fingerprint density at radius 1 is 1.03 bits per heavy atom. The lowest BCUT2D eigenvalue weighted by Gasteiger charge is -2.20. The van der Waals surface area contributed by atoms with Crippen LogP contribution in [0.25, 0.3) is 0 Å². The van der Waals surface area contributed by atoms with Crippen LogP contribution in [-0.2, 0) is 14.8 Å². The van der Waals surface area contributed by atoms with E-state index in [0.29, 0.717) is 30.9 Å². The molecule has 0 saturated heterocycles. The number of carbonyl (C=O) groups excluding carboxylic acids is 1. The fourth-order valence-electron chi connectivity index (χ4n) is 2.96. The molecule has 1 atom stereocenters. The minimum atomic E-state index is -3.52. The molecule has 0 aliphatic carbocycles. The number of hydrogen-bond donors (Lipinski definition) is 1. The molecule has 0 aliphatic rings. The summed E-state index contributed by atoms with van der Waals surface area (Å²) in [6.45, 7) is 10.2. The predicted molar refractivity (Wildman–Crippen MR) is 116 cm³/mol. The molecule has 0 heterocycles. The fraction of sp³-hybridized carbons (Fsp3) is 0.409. The highest BCUT2D eigenvalue weighted by Crippen LogP contribution is 2.22. The molecule has 0 bridgehead atoms. The fourth-order valence-corrected chi connectivity index (χ4v) is 4.41. The van der Waals surface area contributed by atoms with E-state index in [4.69, 9.17) is 4.74 Å². The molecule has 0 aromatic heterocycles. The van der Waals surface area contributed by atoms with Crippen molar-refractivity contribution in [1.82, 2.24) is 4.31 Å². The Morgan fingerprint density at radius 2 is 1.66 bits per heavy atom. The Kier molecular flexibility index (Phi) is 7.81. The maximum absolute atomic E-state index is 12.7. The van der Waals surface area contributed by atoms with Crippen LogP contribution in [-0.4, -0.2) is 37.8 Å². The number of anilines is 1. The van der Waals surface area contributed by atoms with Gasteiger partial charge in [0, 0.05) is 18.8 Å². The summed E-state index contributed by atoms with van der Waals surface area (Å²) in [5.41, 5.74) is 2.55. The van der Waals surface area contributed by atoms with E-state index in [0.717, 1.165) is 11.1 Å². The van der Waals surface area contributed by atoms with Crippen molar-refractivity contribution >= 4 is 21.6 Å². The summed E-state index contributed by atoms with van der Waals surface area (Å²) >= 11 is 0. The van der Waals surface area contributed by atoms with Gasteiger partial charge in [-0.15, -0.1) is 0 Å². The maximum Gasteiger partial charge on any atom is 0.265 e. The first-order valence-corrected chi connectivity index (χ1v) is 11.3. The van der Waals surface area contributed by atoms with Crippen molar-refractivity contribution in [3.05, 3.63) is 53.6 Å². The number of carbonyl (C=O) groups is 1. The molecule has 2 aromatic rings. The number of benzene rings is 2. The monoisotopic (exact) mass is 418 g/mol. The van der Waals surface area contributed by atoms with Gasteiger partial charge in [0.25, 0.3) is 5.91 Å². The first-order valence-electron chi connectivity index (χ1n) is 9.87. The normalized spacial score (nSPS) is 12.6. The second kappa shape index (κ2) is 9.89. The smallest absolute Gasteiger partial charge is 0.265 e. The molecule has 0 spiro atoms. The zero-order valence-electron chi connectivity index (χ0n) is 17.7. The zero-order chi connectivity index (χ0) is 21.6. The van der Waals surface area contributed by atoms with E-state index >= 15 is 0 Å². The Morgan fingerprint density at radius 3 is 2.21 bits per heavy atom. The summed E-state index contributed by atoms with van der Waals surface area (Å²) in [4.78, 5) is 12.9. The highest BCUT2D eigenvalue weighted by Gasteiger charge is 2.22. The van der Waals surface area contributed by atoms with Crippen LogP contribution in [0.15, 0.2) is 47.4 Å². The Bertz CT molecular complexity index is 936. The van der Waals surface area contributed by atoms with Gasteiger partial charge in [-0.2, -0.15) is 4.31 Å². The molecule has 7 heteroatoms. The van der Waals surface area contributed by atoms with Crippen molar-refractivity contribution in [2.45, 2.75) is 52.0 Å². The third-order valence-corrected chi connectivity index (χ3v) is 6.81. The van der Waals surface area contributed by atoms with Crippen molar-refractivity contribution in [3.8, 4) is 5.75 Å². The van der Waals surface area contributed by atoms with Crippen molar-refractivity contribution < 1.29 is 17.9 Å². The van der Waals surface area contributed by atoms with Crippen LogP contribution in [0, 0.1) is 13.8 Å². The molecule has 0 saturated carbocycles. The van der Waals surface area contributed by atoms with Crippen LogP contribution in [0.1, 0.15) is 38.3 Å². The predicted octanol–water partition coefficient (Wildman–Crippen LogP) is 4.13. The largest absolute Gasteiger partial charge is 0.480 e. The molecule has 1 unspecified atom stereocenters. The molecule has 29 heavy (non-hydrogen) atoms. The van der Waals surface area contributed by atoms with Gasteiger partial charge in [-0.25, -0.2) is 8.42 Å². The van der Waals surface area contributed by atoms with Crippen molar-refractivity contribution in [2.75, 3.05) is 18.4 Å². The van der Waals surface area contributed by atoms with E-state index in [9.17, 15) is 13.2 Å². The van der Waals surface area contributed by atoms with Gasteiger partial charge < -0.3 is 10.1 Å². The summed E-state index contributed by atoms with van der Waals surface area (Å²) in [5.74, 6) is 0.417. The number of nitrogens with one attached hydrogen (secondary N) is 1. The van der Waals surface area contributed by atoms with Gasteiger partial charge in [-0.1, -0.05) is 32.9 Å². The molecule has 0 radical (unpaired) electrons. The van der Waals surface area contributed by atoms with Crippen LogP contribution in [0.3, 0.4) is 0 Å². The second-order valence-electron chi connectivity index (χ2n) is 6.89. The van der Waals surface area contributed by atoms with Gasteiger partial charge >= 0.3 is 0 Å². The molecular weight excluding hydrogens is 388 g/mol. The Balaban J connectivity index is 2.12. The van der Waals surface area contributed by atoms with E-state index in [1.54, 1.807) is 26.0 Å². The lowest BCUT2D eigenvalue weighted by atomic mass is 10.1. The third-order valence-electron chi connectivity index (χ3n) is 4.74. The summed E-state index contributed by atoms with van der Waals surface area (Å²) in [6, 6.07) is 12.1. The zero-order valence-corrected chi connectivity index (χ0v) is 18.5. The molecule has 0 aliphatic heterocycles. The molecule has 158 valence electrons. The number of rotatable bonds is 9. The summed E-state index contributed by atoms with van der Waals surface area (Å²) in [6.07, 6.45) is -0.136. The second-order valence-corrected chi connectivity index (χ2v) is 8.82. The van der Waals surface area contributed by atoms with Crippen LogP contribution in [0.4, 0.5) is 5.69 Å². The van der Waals surface area contributed by atoms with Gasteiger partial charge in [-0.05, 0) is 61.7 Å². The average molecular weight is 419 g/mol. The number of nitrogens with zero attached hydrogens (tertiary/aromatic N) is 1. The van der Waals surface area contributed by atoms with Gasteiger partial charge in [0.1, 0.15) is 5.75 Å². The number of amides is 1. The molecule has 2 aromatic carbocycles. The lowest BCUT2D eigenvalue weighted by molar-refractivity contribution is -0.122. The summed E-state index contributed by atoms with van der Waals surface area (Å²) in [5, 5.41) is 2.81. The minimum Gasteiger partial charge on any atom is -0.480 e. The Hall–Kier alpha value is -2.38. The Labute approximate surface area is 173 Å². The molecule has 2 rings (SSSR count). The van der Waals surface area contributed by atoms with Gasteiger partial charge in [-0.3, -0.25) is 4.79 Å². The standard InChI is InChI=1S/C22H30N2O4S/c1-6-20(28-21-15-16(4)9-10-17(21)5)22(25)23-18-11-13-19(14-12-18)29(26,27)24(7-2)8-3/h9-15,20H,6-8H2,1-5H3,(H,23,25). The van der Waals surface area contributed by atoms with Gasteiger partial charge in [0.05, 0.1) is 4.90 Å². The number of hydrogen-bond acceptors (Lipinski definition) is 4. The van der Waals surface area contributed by atoms with E-state index < -0.39 is 16.1 Å². The van der Waals surface area contributed by atoms with Crippen LogP contribution in [0.2, 0.25) is 0 Å². The van der Waals surface area contributed by atoms with Crippen LogP contribution >= 0.6 is 0 Å². The number of sulfonamides is 1. The van der Waals surface area contributed by atoms with Crippen molar-refractivity contribution in [3.63, 3.8) is 0 Å². The number of ether oxygens (including phenoxy) is 1. The quantitative estimate of drug-likeness (QED) is 0.664. The minimum absolute atomic E-state index is 0.206. The van der Waals surface area contributed by atoms with Crippen LogP contribution < -0.4 is 10.1 Å². The first kappa shape index (κ1) is 22.9. The highest BCUT2D eigenvalue weighted by atomic mass is 32.2. The van der Waals surface area contributed by atoms with E-state index in [-0.39, 0.29) is 10.8 Å². The third kappa shape index (κ3) is 5.58. The van der Waals surface area contributed by atoms with E-state index in [2.05, 4.69) is 5.32 Å². The SMILES string of the molecule is CCC(Oc1cc(C)ccc1C)C(=O)Nc1ccc(S(=O)(=O)N(CC)CC)cc1. The summed E-state index contributed by atoms with van der Waals surface area (Å²) < 4.78 is 32.5. The average Bonchev–Trinajstić information content (AvgIpc) is 2.69. The van der Waals surface area contributed by atoms with E-state index in [1.165, 1.54) is 16.4 Å². The molecular formula is C22H30N2O4S. The van der Waals surface area contributed by atoms with Gasteiger partial charge in [0.2, 0.25) is 10.0 Å². The number of aryl methyl sites for hydroxylation is 2. The topological polar surface area (TPSA) is 75.7 Å². The van der Waals surface area contributed by atoms with Crippen LogP contribution in [0.5, 0.6) is 5.75 Å².